The summed E-state index contributed by atoms with van der Waals surface area (Å²) in [7, 11) is 0. The summed E-state index contributed by atoms with van der Waals surface area (Å²) in [6, 6.07) is 6.29. The molecule has 0 saturated heterocycles. The molecular weight excluding hydrogens is 283 g/mol. The molecule has 0 spiro atoms. The Bertz CT molecular complexity index is 525. The molecule has 1 saturated carbocycles. The smallest absolute Gasteiger partial charge is 0.314 e. The van der Waals surface area contributed by atoms with Crippen molar-refractivity contribution < 1.29 is 14.3 Å². The van der Waals surface area contributed by atoms with Crippen molar-refractivity contribution in [3.63, 3.8) is 0 Å². The molecule has 1 aromatic rings. The molecule has 122 valence electrons. The lowest BCUT2D eigenvalue weighted by molar-refractivity contribution is 0.0349. The van der Waals surface area contributed by atoms with Crippen molar-refractivity contribution in [2.75, 3.05) is 13.1 Å². The van der Waals surface area contributed by atoms with Crippen LogP contribution in [0.1, 0.15) is 45.1 Å². The SMILES string of the molecule is CCC(O)(CC)CNC(=O)NCC1(c2cccc(F)c2)CC1. The van der Waals surface area contributed by atoms with Crippen molar-refractivity contribution in [1.82, 2.24) is 10.6 Å². The van der Waals surface area contributed by atoms with Gasteiger partial charge in [0.05, 0.1) is 5.60 Å². The first-order valence-corrected chi connectivity index (χ1v) is 7.93. The predicted octanol–water partition coefficient (Wildman–Crippen LogP) is 2.71. The Morgan fingerprint density at radius 1 is 1.32 bits per heavy atom. The van der Waals surface area contributed by atoms with E-state index in [2.05, 4.69) is 10.6 Å². The van der Waals surface area contributed by atoms with E-state index in [-0.39, 0.29) is 23.8 Å². The third-order valence-electron chi connectivity index (χ3n) is 4.77. The molecular formula is C17H25FN2O2. The van der Waals surface area contributed by atoms with E-state index in [1.165, 1.54) is 6.07 Å². The van der Waals surface area contributed by atoms with Gasteiger partial charge in [0.15, 0.2) is 0 Å². The molecule has 2 amide bonds. The number of nitrogens with one attached hydrogen (secondary N) is 2. The van der Waals surface area contributed by atoms with Crippen molar-refractivity contribution in [3.8, 4) is 0 Å². The van der Waals surface area contributed by atoms with Crippen molar-refractivity contribution in [1.29, 1.82) is 0 Å². The molecule has 0 radical (unpaired) electrons. The quantitative estimate of drug-likeness (QED) is 0.725. The van der Waals surface area contributed by atoms with Gasteiger partial charge in [-0.05, 0) is 43.4 Å². The van der Waals surface area contributed by atoms with Crippen LogP contribution in [0.5, 0.6) is 0 Å². The average molecular weight is 308 g/mol. The van der Waals surface area contributed by atoms with Crippen LogP contribution in [-0.2, 0) is 5.41 Å². The monoisotopic (exact) mass is 308 g/mol. The molecule has 3 N–H and O–H groups in total. The molecule has 0 heterocycles. The number of urea groups is 1. The van der Waals surface area contributed by atoms with Gasteiger partial charge in [0, 0.05) is 18.5 Å². The Morgan fingerprint density at radius 3 is 2.55 bits per heavy atom. The van der Waals surface area contributed by atoms with Gasteiger partial charge < -0.3 is 15.7 Å². The zero-order valence-corrected chi connectivity index (χ0v) is 13.3. The van der Waals surface area contributed by atoms with Crippen LogP contribution in [0, 0.1) is 5.82 Å². The Hall–Kier alpha value is -1.62. The molecule has 0 aliphatic heterocycles. The fourth-order valence-corrected chi connectivity index (χ4v) is 2.59. The maximum absolute atomic E-state index is 13.3. The highest BCUT2D eigenvalue weighted by atomic mass is 19.1. The number of hydrogen-bond donors (Lipinski definition) is 3. The largest absolute Gasteiger partial charge is 0.388 e. The fraction of sp³-hybridized carbons (Fsp3) is 0.588. The highest BCUT2D eigenvalue weighted by molar-refractivity contribution is 5.74. The summed E-state index contributed by atoms with van der Waals surface area (Å²) in [5.74, 6) is -0.246. The maximum atomic E-state index is 13.3. The third kappa shape index (κ3) is 3.97. The predicted molar refractivity (Wildman–Crippen MR) is 84.2 cm³/mol. The van der Waals surface area contributed by atoms with E-state index in [0.717, 1.165) is 18.4 Å². The number of benzene rings is 1. The fourth-order valence-electron chi connectivity index (χ4n) is 2.59. The van der Waals surface area contributed by atoms with E-state index in [1.54, 1.807) is 12.1 Å². The summed E-state index contributed by atoms with van der Waals surface area (Å²) in [4.78, 5) is 11.9. The second-order valence-electron chi connectivity index (χ2n) is 6.26. The standard InChI is InChI=1S/C17H25FN2O2/c1-3-17(22,4-2)12-20-15(21)19-11-16(8-9-16)13-6-5-7-14(18)10-13/h5-7,10,22H,3-4,8-9,11-12H2,1-2H3,(H2,19,20,21). The molecule has 0 atom stereocenters. The van der Waals surface area contributed by atoms with Gasteiger partial charge in [-0.15, -0.1) is 0 Å². The molecule has 1 aliphatic rings. The molecule has 1 fully saturated rings. The van der Waals surface area contributed by atoms with Crippen molar-refractivity contribution in [3.05, 3.63) is 35.6 Å². The number of carbonyl (C=O) groups excluding carboxylic acids is 1. The highest BCUT2D eigenvalue weighted by Gasteiger charge is 2.44. The van der Waals surface area contributed by atoms with Crippen molar-refractivity contribution in [2.45, 2.75) is 50.5 Å². The summed E-state index contributed by atoms with van der Waals surface area (Å²) in [6.45, 7) is 4.51. The van der Waals surface area contributed by atoms with Crippen LogP contribution in [0.15, 0.2) is 24.3 Å². The molecule has 0 bridgehead atoms. The molecule has 5 heteroatoms. The maximum Gasteiger partial charge on any atom is 0.314 e. The molecule has 2 rings (SSSR count). The minimum absolute atomic E-state index is 0.134. The van der Waals surface area contributed by atoms with E-state index in [0.29, 0.717) is 19.4 Å². The average Bonchev–Trinajstić information content (AvgIpc) is 3.32. The summed E-state index contributed by atoms with van der Waals surface area (Å²) >= 11 is 0. The van der Waals surface area contributed by atoms with Crippen molar-refractivity contribution in [2.24, 2.45) is 0 Å². The molecule has 4 nitrogen and oxygen atoms in total. The van der Waals surface area contributed by atoms with Crippen LogP contribution in [-0.4, -0.2) is 29.8 Å². The number of carbonyl (C=O) groups is 1. The molecule has 0 aromatic heterocycles. The van der Waals surface area contributed by atoms with Gasteiger partial charge in [0.25, 0.3) is 0 Å². The number of hydrogen-bond acceptors (Lipinski definition) is 2. The van der Waals surface area contributed by atoms with Gasteiger partial charge in [0.2, 0.25) is 0 Å². The van der Waals surface area contributed by atoms with Gasteiger partial charge >= 0.3 is 6.03 Å². The topological polar surface area (TPSA) is 61.4 Å². The molecule has 1 aromatic carbocycles. The minimum Gasteiger partial charge on any atom is -0.388 e. The molecule has 1 aliphatic carbocycles. The normalized spacial score (nSPS) is 16.2. The van der Waals surface area contributed by atoms with Gasteiger partial charge in [-0.3, -0.25) is 0 Å². The van der Waals surface area contributed by atoms with Gasteiger partial charge in [-0.25, -0.2) is 9.18 Å². The first-order valence-electron chi connectivity index (χ1n) is 7.93. The number of halogens is 1. The highest BCUT2D eigenvalue weighted by Crippen LogP contribution is 2.47. The van der Waals surface area contributed by atoms with Crippen LogP contribution in [0.2, 0.25) is 0 Å². The van der Waals surface area contributed by atoms with Gasteiger partial charge in [-0.1, -0.05) is 26.0 Å². The van der Waals surface area contributed by atoms with Crippen LogP contribution in [0.3, 0.4) is 0 Å². The zero-order chi connectivity index (χ0) is 16.2. The van der Waals surface area contributed by atoms with Gasteiger partial charge in [0.1, 0.15) is 5.82 Å². The summed E-state index contributed by atoms with van der Waals surface area (Å²) in [6.07, 6.45) is 3.09. The van der Waals surface area contributed by atoms with E-state index >= 15 is 0 Å². The van der Waals surface area contributed by atoms with Crippen LogP contribution in [0.4, 0.5) is 9.18 Å². The van der Waals surface area contributed by atoms with E-state index in [9.17, 15) is 14.3 Å². The Morgan fingerprint density at radius 2 is 2.00 bits per heavy atom. The van der Waals surface area contributed by atoms with Crippen LogP contribution < -0.4 is 10.6 Å². The lowest BCUT2D eigenvalue weighted by atomic mass is 9.96. The zero-order valence-electron chi connectivity index (χ0n) is 13.3. The van der Waals surface area contributed by atoms with Gasteiger partial charge in [-0.2, -0.15) is 0 Å². The molecule has 22 heavy (non-hydrogen) atoms. The lowest BCUT2D eigenvalue weighted by Gasteiger charge is -2.25. The number of aliphatic hydroxyl groups is 1. The second-order valence-corrected chi connectivity index (χ2v) is 6.26. The summed E-state index contributed by atoms with van der Waals surface area (Å²) in [5.41, 5.74) is -0.0472. The summed E-state index contributed by atoms with van der Waals surface area (Å²) < 4.78 is 13.3. The minimum atomic E-state index is -0.850. The van der Waals surface area contributed by atoms with E-state index in [4.69, 9.17) is 0 Å². The van der Waals surface area contributed by atoms with Crippen LogP contribution >= 0.6 is 0 Å². The Kier molecular flexibility index (Phi) is 5.06. The third-order valence-corrected chi connectivity index (χ3v) is 4.77. The number of rotatable bonds is 7. The Balaban J connectivity index is 1.84. The first kappa shape index (κ1) is 16.7. The molecule has 0 unspecified atom stereocenters. The number of amides is 2. The van der Waals surface area contributed by atoms with Crippen molar-refractivity contribution >= 4 is 6.03 Å². The Labute approximate surface area is 131 Å². The summed E-state index contributed by atoms with van der Waals surface area (Å²) in [5, 5.41) is 15.7. The lowest BCUT2D eigenvalue weighted by Crippen LogP contribution is -2.47. The second kappa shape index (κ2) is 6.65. The van der Waals surface area contributed by atoms with E-state index in [1.807, 2.05) is 19.9 Å². The van der Waals surface area contributed by atoms with Crippen LogP contribution in [0.25, 0.3) is 0 Å². The van der Waals surface area contributed by atoms with E-state index < -0.39 is 5.60 Å². The first-order chi connectivity index (χ1) is 10.4.